The molecule has 2 N–H and O–H groups in total. The molecule has 0 amide bonds. The molecule has 0 spiro atoms. The molecule has 0 saturated heterocycles. The molecule has 0 aromatic heterocycles. The SMILES string of the molecule is CC(=O)CN(O)O. The van der Waals surface area contributed by atoms with E-state index in [-0.39, 0.29) is 17.6 Å². The van der Waals surface area contributed by atoms with Gasteiger partial charge in [-0.1, -0.05) is 5.23 Å². The van der Waals surface area contributed by atoms with Gasteiger partial charge >= 0.3 is 0 Å². The molecule has 0 heterocycles. The summed E-state index contributed by atoms with van der Waals surface area (Å²) in [6.45, 7) is 0.930. The highest BCUT2D eigenvalue weighted by Gasteiger charge is 1.95. The van der Waals surface area contributed by atoms with E-state index in [0.717, 1.165) is 0 Å². The van der Waals surface area contributed by atoms with Gasteiger partial charge in [-0.15, -0.1) is 0 Å². The third kappa shape index (κ3) is 5.55. The Bertz CT molecular complexity index is 70.6. The van der Waals surface area contributed by atoms with E-state index in [9.17, 15) is 4.79 Å². The van der Waals surface area contributed by atoms with Gasteiger partial charge in [-0.3, -0.25) is 15.2 Å². The summed E-state index contributed by atoms with van der Waals surface area (Å²) < 4.78 is 0. The highest BCUT2D eigenvalue weighted by atomic mass is 16.8. The highest BCUT2D eigenvalue weighted by molar-refractivity contribution is 5.77. The maximum absolute atomic E-state index is 9.89. The van der Waals surface area contributed by atoms with E-state index in [4.69, 9.17) is 10.4 Å². The fourth-order valence-electron chi connectivity index (χ4n) is 0.199. The summed E-state index contributed by atoms with van der Waals surface area (Å²) in [6.07, 6.45) is 0. The molecule has 0 saturated carbocycles. The monoisotopic (exact) mass is 105 g/mol. The predicted octanol–water partition coefficient (Wildman–Crippen LogP) is -0.344. The number of rotatable bonds is 2. The zero-order chi connectivity index (χ0) is 5.86. The fraction of sp³-hybridized carbons (Fsp3) is 0.667. The number of hydrogen-bond acceptors (Lipinski definition) is 4. The van der Waals surface area contributed by atoms with E-state index in [1.54, 1.807) is 0 Å². The van der Waals surface area contributed by atoms with Crippen molar-refractivity contribution in [2.75, 3.05) is 6.54 Å². The zero-order valence-corrected chi connectivity index (χ0v) is 3.96. The van der Waals surface area contributed by atoms with Crippen LogP contribution in [0.25, 0.3) is 0 Å². The van der Waals surface area contributed by atoms with Gasteiger partial charge in [0.2, 0.25) is 0 Å². The Balaban J connectivity index is 3.13. The minimum Gasteiger partial charge on any atom is -0.298 e. The minimum absolute atomic E-state index is 0.150. The molecular weight excluding hydrogens is 98.0 g/mol. The summed E-state index contributed by atoms with van der Waals surface area (Å²) in [5.41, 5.74) is 0. The van der Waals surface area contributed by atoms with Crippen molar-refractivity contribution < 1.29 is 15.2 Å². The lowest BCUT2D eigenvalue weighted by Gasteiger charge is -1.98. The van der Waals surface area contributed by atoms with Crippen LogP contribution in [0.4, 0.5) is 0 Å². The molecule has 0 aliphatic heterocycles. The molecule has 0 aliphatic carbocycles. The van der Waals surface area contributed by atoms with Gasteiger partial charge in [-0.25, -0.2) is 0 Å². The molecule has 0 unspecified atom stereocenters. The summed E-state index contributed by atoms with van der Waals surface area (Å²) >= 11 is 0. The van der Waals surface area contributed by atoms with Crippen molar-refractivity contribution >= 4 is 5.78 Å². The second-order valence-corrected chi connectivity index (χ2v) is 1.23. The Morgan fingerprint density at radius 1 is 1.71 bits per heavy atom. The van der Waals surface area contributed by atoms with Crippen LogP contribution in [-0.2, 0) is 4.79 Å². The molecule has 42 valence electrons. The van der Waals surface area contributed by atoms with Gasteiger partial charge in [0.05, 0.1) is 0 Å². The van der Waals surface area contributed by atoms with Crippen LogP contribution in [0.2, 0.25) is 0 Å². The molecule has 0 bridgehead atoms. The van der Waals surface area contributed by atoms with Crippen molar-refractivity contribution in [2.24, 2.45) is 0 Å². The molecular formula is C3H7NO3. The molecule has 7 heavy (non-hydrogen) atoms. The van der Waals surface area contributed by atoms with Crippen molar-refractivity contribution in [3.05, 3.63) is 0 Å². The van der Waals surface area contributed by atoms with Crippen molar-refractivity contribution in [3.63, 3.8) is 0 Å². The molecule has 4 heteroatoms. The molecule has 4 nitrogen and oxygen atoms in total. The van der Waals surface area contributed by atoms with Gasteiger partial charge in [-0.2, -0.15) is 0 Å². The standard InChI is InChI=1S/C3H7NO3/c1-3(5)2-4(6)7/h6-7H,2H2,1H3. The second-order valence-electron chi connectivity index (χ2n) is 1.23. The van der Waals surface area contributed by atoms with Crippen LogP contribution in [-0.4, -0.2) is 28.0 Å². The first-order valence-corrected chi connectivity index (χ1v) is 1.77. The molecule has 0 radical (unpaired) electrons. The first-order chi connectivity index (χ1) is 3.13. The van der Waals surface area contributed by atoms with E-state index in [2.05, 4.69) is 0 Å². The van der Waals surface area contributed by atoms with Crippen LogP contribution in [0.3, 0.4) is 0 Å². The number of nitrogens with zero attached hydrogens (tertiary/aromatic N) is 1. The zero-order valence-electron chi connectivity index (χ0n) is 3.96. The van der Waals surface area contributed by atoms with E-state index < -0.39 is 0 Å². The first kappa shape index (κ1) is 6.55. The van der Waals surface area contributed by atoms with Crippen LogP contribution >= 0.6 is 0 Å². The highest BCUT2D eigenvalue weighted by Crippen LogP contribution is 1.71. The first-order valence-electron chi connectivity index (χ1n) is 1.77. The minimum atomic E-state index is -0.333. The van der Waals surface area contributed by atoms with E-state index in [1.807, 2.05) is 0 Å². The number of ketones is 1. The number of Topliss-reactive ketones (excluding diaryl/α,β-unsaturated/α-hetero) is 1. The normalized spacial score (nSPS) is 9.71. The summed E-state index contributed by atoms with van der Waals surface area (Å²) in [5.74, 6) is -0.287. The van der Waals surface area contributed by atoms with Crippen LogP contribution < -0.4 is 0 Å². The van der Waals surface area contributed by atoms with E-state index in [1.165, 1.54) is 6.92 Å². The van der Waals surface area contributed by atoms with E-state index in [0.29, 0.717) is 0 Å². The average Bonchev–Trinajstić information content (AvgIpc) is 1.27. The Morgan fingerprint density at radius 3 is 2.14 bits per heavy atom. The molecule has 0 aromatic rings. The maximum Gasteiger partial charge on any atom is 0.148 e. The predicted molar refractivity (Wildman–Crippen MR) is 21.0 cm³/mol. The summed E-state index contributed by atoms with van der Waals surface area (Å²) in [6, 6.07) is 0. The van der Waals surface area contributed by atoms with Crippen LogP contribution in [0.5, 0.6) is 0 Å². The Kier molecular flexibility index (Phi) is 2.51. The Hall–Kier alpha value is -0.450. The molecule has 0 aromatic carbocycles. The van der Waals surface area contributed by atoms with Gasteiger partial charge in [0.25, 0.3) is 0 Å². The second kappa shape index (κ2) is 2.68. The smallest absolute Gasteiger partial charge is 0.148 e. The molecule has 0 aliphatic rings. The van der Waals surface area contributed by atoms with Crippen molar-refractivity contribution in [1.82, 2.24) is 5.23 Å². The van der Waals surface area contributed by atoms with Crippen LogP contribution in [0.1, 0.15) is 6.92 Å². The number of hydroxylamine groups is 2. The fourth-order valence-corrected chi connectivity index (χ4v) is 0.199. The number of carbonyl (C=O) groups excluding carboxylic acids is 1. The quantitative estimate of drug-likeness (QED) is 0.471. The third-order valence-electron chi connectivity index (χ3n) is 0.364. The Labute approximate surface area is 40.9 Å². The third-order valence-corrected chi connectivity index (χ3v) is 0.364. The summed E-state index contributed by atoms with van der Waals surface area (Å²) in [7, 11) is 0. The van der Waals surface area contributed by atoms with Crippen molar-refractivity contribution in [2.45, 2.75) is 6.92 Å². The molecule has 0 rings (SSSR count). The van der Waals surface area contributed by atoms with Crippen molar-refractivity contribution in [3.8, 4) is 0 Å². The summed E-state index contributed by atoms with van der Waals surface area (Å²) in [5, 5.41) is 15.6. The lowest BCUT2D eigenvalue weighted by atomic mass is 10.5. The van der Waals surface area contributed by atoms with Gasteiger partial charge < -0.3 is 0 Å². The Morgan fingerprint density at radius 2 is 2.14 bits per heavy atom. The van der Waals surface area contributed by atoms with Gasteiger partial charge in [0.1, 0.15) is 12.3 Å². The molecule has 0 fully saturated rings. The maximum atomic E-state index is 9.89. The van der Waals surface area contributed by atoms with Gasteiger partial charge in [0.15, 0.2) is 0 Å². The van der Waals surface area contributed by atoms with Gasteiger partial charge in [0, 0.05) is 0 Å². The van der Waals surface area contributed by atoms with Crippen LogP contribution in [0, 0.1) is 0 Å². The van der Waals surface area contributed by atoms with E-state index >= 15 is 0 Å². The lowest BCUT2D eigenvalue weighted by Crippen LogP contribution is -2.20. The van der Waals surface area contributed by atoms with Gasteiger partial charge in [-0.05, 0) is 6.92 Å². The number of carbonyl (C=O) groups is 1. The topological polar surface area (TPSA) is 60.8 Å². The van der Waals surface area contributed by atoms with Crippen molar-refractivity contribution in [1.29, 1.82) is 0 Å². The van der Waals surface area contributed by atoms with Crippen LogP contribution in [0.15, 0.2) is 0 Å². The average molecular weight is 105 g/mol. The lowest BCUT2D eigenvalue weighted by molar-refractivity contribution is -0.300. The molecule has 0 atom stereocenters. The largest absolute Gasteiger partial charge is 0.298 e. The number of hydrogen-bond donors (Lipinski definition) is 2. The summed E-state index contributed by atoms with van der Waals surface area (Å²) in [4.78, 5) is 9.89.